The van der Waals surface area contributed by atoms with Gasteiger partial charge >= 0.3 is 0 Å². The molecule has 0 bridgehead atoms. The Hall–Kier alpha value is -0.160. The van der Waals surface area contributed by atoms with Gasteiger partial charge in [0.25, 0.3) is 0 Å². The second kappa shape index (κ2) is 4.69. The summed E-state index contributed by atoms with van der Waals surface area (Å²) in [6.07, 6.45) is 3.49. The van der Waals surface area contributed by atoms with Crippen molar-refractivity contribution in [3.05, 3.63) is 0 Å². The Morgan fingerprint density at radius 1 is 1.21 bits per heavy atom. The van der Waals surface area contributed by atoms with Crippen LogP contribution in [0.5, 0.6) is 0 Å². The highest BCUT2D eigenvalue weighted by Gasteiger charge is 2.57. The fourth-order valence-corrected chi connectivity index (χ4v) is 4.66. The third-order valence-corrected chi connectivity index (χ3v) is 5.75. The molecule has 4 nitrogen and oxygen atoms in total. The van der Waals surface area contributed by atoms with E-state index >= 15 is 0 Å². The maximum Gasteiger partial charge on any atom is 0.0902 e. The number of aliphatic hydroxyl groups excluding tert-OH is 2. The van der Waals surface area contributed by atoms with Crippen molar-refractivity contribution in [2.75, 3.05) is 6.61 Å². The van der Waals surface area contributed by atoms with E-state index in [1.807, 2.05) is 0 Å². The molecule has 4 N–H and O–H groups in total. The van der Waals surface area contributed by atoms with Crippen molar-refractivity contribution < 1.29 is 20.4 Å². The third-order valence-electron chi connectivity index (χ3n) is 5.75. The minimum atomic E-state index is -1.28. The van der Waals surface area contributed by atoms with Crippen LogP contribution < -0.4 is 0 Å². The van der Waals surface area contributed by atoms with E-state index in [0.717, 1.165) is 19.3 Å². The first-order chi connectivity index (χ1) is 8.64. The predicted molar refractivity (Wildman–Crippen MR) is 72.5 cm³/mol. The molecule has 2 aliphatic rings. The largest absolute Gasteiger partial charge is 0.393 e. The van der Waals surface area contributed by atoms with Crippen LogP contribution >= 0.6 is 0 Å². The highest BCUT2D eigenvalue weighted by atomic mass is 16.3. The number of fused-ring (bicyclic) bond motifs is 1. The molecule has 0 heterocycles. The Balaban J connectivity index is 2.31. The van der Waals surface area contributed by atoms with Crippen LogP contribution in [0, 0.1) is 17.3 Å². The lowest BCUT2D eigenvalue weighted by atomic mass is 9.51. The van der Waals surface area contributed by atoms with Crippen molar-refractivity contribution in [2.45, 2.75) is 70.2 Å². The summed E-state index contributed by atoms with van der Waals surface area (Å²) in [5.74, 6) is -0.606. The van der Waals surface area contributed by atoms with Crippen molar-refractivity contribution in [2.24, 2.45) is 17.3 Å². The zero-order valence-electron chi connectivity index (χ0n) is 12.3. The van der Waals surface area contributed by atoms with Crippen molar-refractivity contribution >= 4 is 0 Å². The molecule has 2 saturated carbocycles. The molecule has 2 aliphatic carbocycles. The molecule has 112 valence electrons. The van der Waals surface area contributed by atoms with Gasteiger partial charge in [0, 0.05) is 11.8 Å². The van der Waals surface area contributed by atoms with Gasteiger partial charge in [-0.2, -0.15) is 0 Å². The molecule has 0 amide bonds. The summed E-state index contributed by atoms with van der Waals surface area (Å²) in [5.41, 5.74) is -2.24. The van der Waals surface area contributed by atoms with Crippen LogP contribution in [0.15, 0.2) is 0 Å². The summed E-state index contributed by atoms with van der Waals surface area (Å²) in [7, 11) is 0. The van der Waals surface area contributed by atoms with Gasteiger partial charge in [0.15, 0.2) is 0 Å². The second-order valence-electron chi connectivity index (χ2n) is 7.49. The molecule has 6 atom stereocenters. The van der Waals surface area contributed by atoms with Gasteiger partial charge in [0.1, 0.15) is 0 Å². The van der Waals surface area contributed by atoms with E-state index in [9.17, 15) is 20.4 Å². The standard InChI is InChI=1S/C15H28O4/c1-13-6-4-7-14(2,18)12(13)11(17)10(5-8-13)15(3,19)9-16/h10-12,16-19H,4-9H2,1-3H3. The van der Waals surface area contributed by atoms with E-state index in [0.29, 0.717) is 12.8 Å². The summed E-state index contributed by atoms with van der Waals surface area (Å²) in [5, 5.41) is 41.0. The van der Waals surface area contributed by atoms with E-state index in [1.165, 1.54) is 0 Å². The predicted octanol–water partition coefficient (Wildman–Crippen LogP) is 1.06. The Morgan fingerprint density at radius 2 is 1.84 bits per heavy atom. The first-order valence-corrected chi connectivity index (χ1v) is 7.38. The molecule has 0 aromatic carbocycles. The Labute approximate surface area is 115 Å². The summed E-state index contributed by atoms with van der Waals surface area (Å²) >= 11 is 0. The number of hydrogen-bond acceptors (Lipinski definition) is 4. The van der Waals surface area contributed by atoms with Crippen LogP contribution in [0.4, 0.5) is 0 Å². The maximum atomic E-state index is 10.7. The summed E-state index contributed by atoms with van der Waals surface area (Å²) < 4.78 is 0. The Morgan fingerprint density at radius 3 is 2.42 bits per heavy atom. The molecule has 0 spiro atoms. The molecular formula is C15H28O4. The van der Waals surface area contributed by atoms with Gasteiger partial charge in [-0.15, -0.1) is 0 Å². The molecule has 4 heteroatoms. The quantitative estimate of drug-likeness (QED) is 0.606. The lowest BCUT2D eigenvalue weighted by molar-refractivity contribution is -0.210. The summed E-state index contributed by atoms with van der Waals surface area (Å²) in [6.45, 7) is 5.15. The number of rotatable bonds is 2. The second-order valence-corrected chi connectivity index (χ2v) is 7.49. The van der Waals surface area contributed by atoms with Crippen LogP contribution in [0.25, 0.3) is 0 Å². The fraction of sp³-hybridized carbons (Fsp3) is 1.00. The van der Waals surface area contributed by atoms with Gasteiger partial charge in [-0.1, -0.05) is 13.3 Å². The van der Waals surface area contributed by atoms with Gasteiger partial charge in [0.05, 0.1) is 23.9 Å². The SMILES string of the molecule is CC(O)(CO)C1CCC2(C)CCCC(C)(O)C2C1O. The lowest BCUT2D eigenvalue weighted by Crippen LogP contribution is -2.62. The minimum absolute atomic E-state index is 0.0663. The number of aliphatic hydroxyl groups is 4. The van der Waals surface area contributed by atoms with Gasteiger partial charge in [-0.3, -0.25) is 0 Å². The molecule has 0 aliphatic heterocycles. The fourth-order valence-electron chi connectivity index (χ4n) is 4.66. The zero-order chi connectivity index (χ0) is 14.5. The van der Waals surface area contributed by atoms with Crippen LogP contribution in [-0.2, 0) is 0 Å². The van der Waals surface area contributed by atoms with Gasteiger partial charge in [-0.05, 0) is 44.9 Å². The molecular weight excluding hydrogens is 244 g/mol. The van der Waals surface area contributed by atoms with Gasteiger partial charge < -0.3 is 20.4 Å². The Bertz CT molecular complexity index is 339. The van der Waals surface area contributed by atoms with Crippen LogP contribution in [0.1, 0.15) is 52.9 Å². The highest BCUT2D eigenvalue weighted by molar-refractivity contribution is 5.07. The van der Waals surface area contributed by atoms with Crippen molar-refractivity contribution in [3.63, 3.8) is 0 Å². The zero-order valence-corrected chi connectivity index (χ0v) is 12.3. The molecule has 2 rings (SSSR count). The van der Waals surface area contributed by atoms with Crippen LogP contribution in [-0.4, -0.2) is 44.3 Å². The van der Waals surface area contributed by atoms with E-state index < -0.39 is 17.3 Å². The third kappa shape index (κ3) is 2.44. The molecule has 0 aromatic rings. The molecule has 0 aromatic heterocycles. The monoisotopic (exact) mass is 272 g/mol. The molecule has 2 fully saturated rings. The lowest BCUT2D eigenvalue weighted by Gasteiger charge is -2.58. The molecule has 0 saturated heterocycles. The Kier molecular flexibility index (Phi) is 3.76. The molecule has 6 unspecified atom stereocenters. The topological polar surface area (TPSA) is 80.9 Å². The highest BCUT2D eigenvalue weighted by Crippen LogP contribution is 2.56. The van der Waals surface area contributed by atoms with Crippen LogP contribution in [0.2, 0.25) is 0 Å². The average molecular weight is 272 g/mol. The number of hydrogen-bond donors (Lipinski definition) is 4. The maximum absolute atomic E-state index is 10.7. The van der Waals surface area contributed by atoms with Crippen LogP contribution in [0.3, 0.4) is 0 Å². The van der Waals surface area contributed by atoms with Gasteiger partial charge in [-0.25, -0.2) is 0 Å². The van der Waals surface area contributed by atoms with E-state index in [1.54, 1.807) is 13.8 Å². The van der Waals surface area contributed by atoms with Crippen molar-refractivity contribution in [1.82, 2.24) is 0 Å². The van der Waals surface area contributed by atoms with Crippen molar-refractivity contribution in [1.29, 1.82) is 0 Å². The van der Waals surface area contributed by atoms with E-state index in [2.05, 4.69) is 6.92 Å². The van der Waals surface area contributed by atoms with Gasteiger partial charge in [0.2, 0.25) is 0 Å². The summed E-state index contributed by atoms with van der Waals surface area (Å²) in [4.78, 5) is 0. The molecule has 0 radical (unpaired) electrons. The first-order valence-electron chi connectivity index (χ1n) is 7.38. The van der Waals surface area contributed by atoms with Crippen molar-refractivity contribution in [3.8, 4) is 0 Å². The first kappa shape index (κ1) is 15.2. The van der Waals surface area contributed by atoms with E-state index in [4.69, 9.17) is 0 Å². The molecule has 19 heavy (non-hydrogen) atoms. The smallest absolute Gasteiger partial charge is 0.0902 e. The normalized spacial score (nSPS) is 50.4. The summed E-state index contributed by atoms with van der Waals surface area (Å²) in [6, 6.07) is 0. The van der Waals surface area contributed by atoms with E-state index in [-0.39, 0.29) is 23.9 Å². The average Bonchev–Trinajstić information content (AvgIpc) is 2.26. The minimum Gasteiger partial charge on any atom is -0.393 e.